The standard InChI is InChI=1S/C19H22N8/c1-3-14-9-24-18-23-8-12(11-26(14)18)15-4-5-27-16(15)10-22-17(25-27)19(20)6-13(7-19)21-2/h4-5,8-11,13,21H,3,6-7,20H2,1-2H3. The number of nitrogens with zero attached hydrogens (tertiary/aromatic N) is 6. The van der Waals surface area contributed by atoms with Crippen LogP contribution in [0.15, 0.2) is 37.1 Å². The third kappa shape index (κ3) is 2.44. The van der Waals surface area contributed by atoms with Crippen molar-refractivity contribution in [2.45, 2.75) is 37.8 Å². The van der Waals surface area contributed by atoms with Crippen LogP contribution in [0.25, 0.3) is 22.4 Å². The molecule has 0 amide bonds. The van der Waals surface area contributed by atoms with Gasteiger partial charge < -0.3 is 11.1 Å². The van der Waals surface area contributed by atoms with Crippen molar-refractivity contribution in [2.24, 2.45) is 5.73 Å². The summed E-state index contributed by atoms with van der Waals surface area (Å²) in [5, 5.41) is 7.94. The van der Waals surface area contributed by atoms with Gasteiger partial charge in [-0.3, -0.25) is 4.40 Å². The molecule has 0 aliphatic heterocycles. The van der Waals surface area contributed by atoms with Crippen molar-refractivity contribution in [2.75, 3.05) is 7.05 Å². The predicted molar refractivity (Wildman–Crippen MR) is 102 cm³/mol. The normalized spacial score (nSPS) is 22.4. The molecule has 8 heteroatoms. The van der Waals surface area contributed by atoms with Gasteiger partial charge in [-0.2, -0.15) is 5.10 Å². The number of fused-ring (bicyclic) bond motifs is 2. The number of imidazole rings is 1. The maximum Gasteiger partial charge on any atom is 0.233 e. The van der Waals surface area contributed by atoms with Crippen molar-refractivity contribution < 1.29 is 0 Å². The van der Waals surface area contributed by atoms with E-state index in [4.69, 9.17) is 5.73 Å². The zero-order valence-electron chi connectivity index (χ0n) is 15.4. The summed E-state index contributed by atoms with van der Waals surface area (Å²) in [5.41, 5.74) is 10.2. The first-order valence-corrected chi connectivity index (χ1v) is 9.24. The molecular formula is C19H22N8. The number of aromatic nitrogens is 6. The summed E-state index contributed by atoms with van der Waals surface area (Å²) in [6.45, 7) is 2.11. The minimum Gasteiger partial charge on any atom is -0.319 e. The van der Waals surface area contributed by atoms with E-state index in [1.165, 1.54) is 0 Å². The van der Waals surface area contributed by atoms with Crippen molar-refractivity contribution in [1.82, 2.24) is 34.3 Å². The van der Waals surface area contributed by atoms with Crippen LogP contribution in [0.2, 0.25) is 0 Å². The summed E-state index contributed by atoms with van der Waals surface area (Å²) in [6, 6.07) is 2.48. The molecule has 0 bridgehead atoms. The lowest BCUT2D eigenvalue weighted by molar-refractivity contribution is 0.172. The van der Waals surface area contributed by atoms with Crippen molar-refractivity contribution >= 4 is 11.3 Å². The summed E-state index contributed by atoms with van der Waals surface area (Å²) in [4.78, 5) is 13.4. The van der Waals surface area contributed by atoms with E-state index in [-0.39, 0.29) is 0 Å². The van der Waals surface area contributed by atoms with Gasteiger partial charge in [-0.15, -0.1) is 0 Å². The first-order chi connectivity index (χ1) is 13.1. The highest BCUT2D eigenvalue weighted by Gasteiger charge is 2.44. The molecule has 0 atom stereocenters. The predicted octanol–water partition coefficient (Wildman–Crippen LogP) is 1.54. The van der Waals surface area contributed by atoms with E-state index in [0.717, 1.165) is 41.6 Å². The molecule has 1 aliphatic carbocycles. The molecule has 27 heavy (non-hydrogen) atoms. The molecule has 0 saturated heterocycles. The SMILES string of the molecule is CCc1cnc2ncc(-c3ccn4nc(C5(N)CC(NC)C5)ncc34)cn12. The van der Waals surface area contributed by atoms with Gasteiger partial charge in [-0.05, 0) is 32.4 Å². The number of hydrogen-bond acceptors (Lipinski definition) is 6. The van der Waals surface area contributed by atoms with Crippen LogP contribution in [0, 0.1) is 0 Å². The highest BCUT2D eigenvalue weighted by Crippen LogP contribution is 2.37. The van der Waals surface area contributed by atoms with Gasteiger partial charge in [0.2, 0.25) is 5.78 Å². The van der Waals surface area contributed by atoms with E-state index in [1.807, 2.05) is 46.8 Å². The Bertz CT molecular complexity index is 1140. The molecule has 0 spiro atoms. The van der Waals surface area contributed by atoms with Crippen LogP contribution in [0.3, 0.4) is 0 Å². The minimum absolute atomic E-state index is 0.440. The molecule has 3 N–H and O–H groups in total. The molecule has 1 fully saturated rings. The first kappa shape index (κ1) is 16.3. The highest BCUT2D eigenvalue weighted by molar-refractivity contribution is 5.79. The van der Waals surface area contributed by atoms with Gasteiger partial charge in [-0.25, -0.2) is 19.5 Å². The van der Waals surface area contributed by atoms with E-state index < -0.39 is 5.54 Å². The van der Waals surface area contributed by atoms with Gasteiger partial charge in [0.05, 0.1) is 23.4 Å². The van der Waals surface area contributed by atoms with Crippen LogP contribution in [0.5, 0.6) is 0 Å². The van der Waals surface area contributed by atoms with Gasteiger partial charge in [0.25, 0.3) is 0 Å². The van der Waals surface area contributed by atoms with Gasteiger partial charge in [0.15, 0.2) is 5.82 Å². The largest absolute Gasteiger partial charge is 0.319 e. The second kappa shape index (κ2) is 5.83. The quantitative estimate of drug-likeness (QED) is 0.571. The molecule has 138 valence electrons. The maximum atomic E-state index is 6.48. The van der Waals surface area contributed by atoms with Crippen LogP contribution in [0.4, 0.5) is 0 Å². The summed E-state index contributed by atoms with van der Waals surface area (Å²) < 4.78 is 3.90. The highest BCUT2D eigenvalue weighted by atomic mass is 15.3. The molecule has 4 aromatic heterocycles. The van der Waals surface area contributed by atoms with Crippen LogP contribution < -0.4 is 11.1 Å². The average Bonchev–Trinajstić information content (AvgIpc) is 3.27. The minimum atomic E-state index is -0.445. The molecule has 4 heterocycles. The first-order valence-electron chi connectivity index (χ1n) is 9.24. The Labute approximate surface area is 156 Å². The van der Waals surface area contributed by atoms with E-state index in [0.29, 0.717) is 17.6 Å². The van der Waals surface area contributed by atoms with Crippen LogP contribution >= 0.6 is 0 Å². The van der Waals surface area contributed by atoms with E-state index >= 15 is 0 Å². The van der Waals surface area contributed by atoms with E-state index in [1.54, 1.807) is 0 Å². The monoisotopic (exact) mass is 362 g/mol. The van der Waals surface area contributed by atoms with Crippen LogP contribution in [0.1, 0.15) is 31.3 Å². The summed E-state index contributed by atoms with van der Waals surface area (Å²) in [5.74, 6) is 1.41. The Morgan fingerprint density at radius 2 is 2.04 bits per heavy atom. The van der Waals surface area contributed by atoms with Crippen molar-refractivity contribution in [1.29, 1.82) is 0 Å². The fourth-order valence-corrected chi connectivity index (χ4v) is 3.90. The summed E-state index contributed by atoms with van der Waals surface area (Å²) in [7, 11) is 1.96. The van der Waals surface area contributed by atoms with Gasteiger partial charge in [0.1, 0.15) is 0 Å². The van der Waals surface area contributed by atoms with Gasteiger partial charge >= 0.3 is 0 Å². The third-order valence-corrected chi connectivity index (χ3v) is 5.61. The smallest absolute Gasteiger partial charge is 0.233 e. The number of rotatable bonds is 4. The Balaban J connectivity index is 1.55. The molecule has 5 rings (SSSR count). The number of hydrogen-bond donors (Lipinski definition) is 2. The third-order valence-electron chi connectivity index (χ3n) is 5.61. The Morgan fingerprint density at radius 1 is 1.22 bits per heavy atom. The number of aryl methyl sites for hydroxylation is 1. The Hall–Kier alpha value is -2.84. The Morgan fingerprint density at radius 3 is 2.81 bits per heavy atom. The second-order valence-corrected chi connectivity index (χ2v) is 7.31. The number of nitrogens with one attached hydrogen (secondary N) is 1. The molecule has 8 nitrogen and oxygen atoms in total. The summed E-state index contributed by atoms with van der Waals surface area (Å²) >= 11 is 0. The molecule has 0 radical (unpaired) electrons. The fourth-order valence-electron chi connectivity index (χ4n) is 3.90. The lowest BCUT2D eigenvalue weighted by Gasteiger charge is -2.43. The molecule has 0 unspecified atom stereocenters. The van der Waals surface area contributed by atoms with E-state index in [2.05, 4.69) is 38.5 Å². The zero-order chi connectivity index (χ0) is 18.6. The second-order valence-electron chi connectivity index (χ2n) is 7.31. The Kier molecular flexibility index (Phi) is 3.53. The van der Waals surface area contributed by atoms with Crippen LogP contribution in [-0.4, -0.2) is 42.1 Å². The van der Waals surface area contributed by atoms with Crippen molar-refractivity contribution in [3.8, 4) is 11.1 Å². The van der Waals surface area contributed by atoms with Crippen molar-refractivity contribution in [3.63, 3.8) is 0 Å². The van der Waals surface area contributed by atoms with Crippen molar-refractivity contribution in [3.05, 3.63) is 48.6 Å². The average molecular weight is 362 g/mol. The molecular weight excluding hydrogens is 340 g/mol. The fraction of sp³-hybridized carbons (Fsp3) is 0.368. The maximum absolute atomic E-state index is 6.48. The topological polar surface area (TPSA) is 98.4 Å². The lowest BCUT2D eigenvalue weighted by atomic mass is 9.73. The van der Waals surface area contributed by atoms with E-state index in [9.17, 15) is 0 Å². The van der Waals surface area contributed by atoms with Gasteiger partial charge in [-0.1, -0.05) is 6.92 Å². The van der Waals surface area contributed by atoms with Gasteiger partial charge in [0, 0.05) is 41.5 Å². The lowest BCUT2D eigenvalue weighted by Crippen LogP contribution is -2.57. The molecule has 0 aromatic carbocycles. The summed E-state index contributed by atoms with van der Waals surface area (Å²) in [6.07, 6.45) is 12.2. The number of nitrogens with two attached hydrogens (primary N) is 1. The molecule has 1 aliphatic rings. The zero-order valence-corrected chi connectivity index (χ0v) is 15.4. The molecule has 4 aromatic rings. The van der Waals surface area contributed by atoms with Crippen LogP contribution in [-0.2, 0) is 12.0 Å². The molecule has 1 saturated carbocycles.